The van der Waals surface area contributed by atoms with E-state index in [4.69, 9.17) is 27.9 Å². The highest BCUT2D eigenvalue weighted by Gasteiger charge is 2.30. The standard InChI is InChI=1S/C16H14Cl2FNO/c1-20-14-8-16(11-4-2-10(18)7-13(11)19)21-15-5-3-9(17)6-12(14)15/h2-7,14,16,20H,8H2,1H3. The first-order valence-electron chi connectivity index (χ1n) is 6.67. The molecule has 0 spiro atoms. The highest BCUT2D eigenvalue weighted by molar-refractivity contribution is 6.30. The van der Waals surface area contributed by atoms with Gasteiger partial charge in [0.2, 0.25) is 0 Å². The first-order chi connectivity index (χ1) is 10.1. The molecule has 0 radical (unpaired) electrons. The van der Waals surface area contributed by atoms with Crippen molar-refractivity contribution in [2.75, 3.05) is 7.05 Å². The zero-order valence-corrected chi connectivity index (χ0v) is 12.9. The van der Waals surface area contributed by atoms with Gasteiger partial charge >= 0.3 is 0 Å². The molecular formula is C16H14Cl2FNO. The maximum atomic E-state index is 14.1. The molecule has 1 N–H and O–H groups in total. The molecule has 1 heterocycles. The minimum Gasteiger partial charge on any atom is -0.485 e. The molecule has 21 heavy (non-hydrogen) atoms. The Bertz CT molecular complexity index is 677. The number of ether oxygens (including phenoxy) is 1. The van der Waals surface area contributed by atoms with Crippen LogP contribution in [0.3, 0.4) is 0 Å². The lowest BCUT2D eigenvalue weighted by Gasteiger charge is -2.32. The third kappa shape index (κ3) is 2.86. The van der Waals surface area contributed by atoms with E-state index in [0.29, 0.717) is 22.0 Å². The molecule has 0 aliphatic carbocycles. The SMILES string of the molecule is CNC1CC(c2ccc(Cl)cc2F)Oc2ccc(Cl)cc21. The second-order valence-electron chi connectivity index (χ2n) is 5.03. The Morgan fingerprint density at radius 1 is 1.10 bits per heavy atom. The zero-order chi connectivity index (χ0) is 15.0. The van der Waals surface area contributed by atoms with Gasteiger partial charge in [0.15, 0.2) is 0 Å². The monoisotopic (exact) mass is 325 g/mol. The molecule has 2 unspecified atom stereocenters. The summed E-state index contributed by atoms with van der Waals surface area (Å²) < 4.78 is 20.0. The molecule has 1 aliphatic heterocycles. The lowest BCUT2D eigenvalue weighted by molar-refractivity contribution is 0.150. The molecule has 0 saturated carbocycles. The highest BCUT2D eigenvalue weighted by Crippen LogP contribution is 2.42. The second-order valence-corrected chi connectivity index (χ2v) is 5.90. The molecule has 2 nitrogen and oxygen atoms in total. The van der Waals surface area contributed by atoms with E-state index in [2.05, 4.69) is 5.32 Å². The van der Waals surface area contributed by atoms with E-state index in [9.17, 15) is 4.39 Å². The Morgan fingerprint density at radius 3 is 2.52 bits per heavy atom. The van der Waals surface area contributed by atoms with Crippen molar-refractivity contribution in [3.05, 3.63) is 63.4 Å². The van der Waals surface area contributed by atoms with Crippen molar-refractivity contribution in [2.45, 2.75) is 18.6 Å². The lowest BCUT2D eigenvalue weighted by atomic mass is 9.93. The van der Waals surface area contributed by atoms with Crippen LogP contribution in [0.4, 0.5) is 4.39 Å². The first kappa shape index (κ1) is 14.6. The minimum absolute atomic E-state index is 0.0625. The molecule has 0 saturated heterocycles. The van der Waals surface area contributed by atoms with Gasteiger partial charge in [-0.1, -0.05) is 29.3 Å². The summed E-state index contributed by atoms with van der Waals surface area (Å²) in [5.41, 5.74) is 1.51. The Morgan fingerprint density at radius 2 is 1.81 bits per heavy atom. The van der Waals surface area contributed by atoms with Gasteiger partial charge in [0, 0.05) is 33.6 Å². The number of fused-ring (bicyclic) bond motifs is 1. The van der Waals surface area contributed by atoms with Gasteiger partial charge < -0.3 is 10.1 Å². The van der Waals surface area contributed by atoms with Crippen LogP contribution >= 0.6 is 23.2 Å². The molecule has 0 amide bonds. The van der Waals surface area contributed by atoms with E-state index in [1.807, 2.05) is 19.2 Å². The summed E-state index contributed by atoms with van der Waals surface area (Å²) in [5.74, 6) is 0.379. The average Bonchev–Trinajstić information content (AvgIpc) is 2.46. The van der Waals surface area contributed by atoms with E-state index in [0.717, 1.165) is 11.3 Å². The molecule has 5 heteroatoms. The summed E-state index contributed by atoms with van der Waals surface area (Å²) in [5, 5.41) is 4.27. The summed E-state index contributed by atoms with van der Waals surface area (Å²) in [4.78, 5) is 0. The van der Waals surface area contributed by atoms with Gasteiger partial charge in [0.25, 0.3) is 0 Å². The summed E-state index contributed by atoms with van der Waals surface area (Å²) in [7, 11) is 1.87. The normalized spacial score (nSPS) is 20.8. The fourth-order valence-corrected chi connectivity index (χ4v) is 3.01. The van der Waals surface area contributed by atoms with Gasteiger partial charge in [-0.25, -0.2) is 4.39 Å². The third-order valence-corrected chi connectivity index (χ3v) is 4.19. The van der Waals surface area contributed by atoms with Crippen molar-refractivity contribution in [2.24, 2.45) is 0 Å². The second kappa shape index (κ2) is 5.84. The van der Waals surface area contributed by atoms with Crippen molar-refractivity contribution in [1.82, 2.24) is 5.32 Å². The van der Waals surface area contributed by atoms with Gasteiger partial charge in [-0.2, -0.15) is 0 Å². The third-order valence-electron chi connectivity index (χ3n) is 3.72. The predicted octanol–water partition coefficient (Wildman–Crippen LogP) is 4.92. The summed E-state index contributed by atoms with van der Waals surface area (Å²) in [6.07, 6.45) is 0.274. The van der Waals surface area contributed by atoms with E-state index in [1.54, 1.807) is 18.2 Å². The Labute approximate surface area is 132 Å². The molecule has 2 aromatic rings. The summed E-state index contributed by atoms with van der Waals surface area (Å²) in [6, 6.07) is 10.2. The molecule has 0 aromatic heterocycles. The van der Waals surface area contributed by atoms with Gasteiger partial charge in [-0.05, 0) is 37.4 Å². The molecule has 2 aromatic carbocycles. The molecule has 110 valence electrons. The average molecular weight is 326 g/mol. The van der Waals surface area contributed by atoms with Crippen LogP contribution in [0.25, 0.3) is 0 Å². The Balaban J connectivity index is 1.98. The fraction of sp³-hybridized carbons (Fsp3) is 0.250. The quantitative estimate of drug-likeness (QED) is 0.846. The van der Waals surface area contributed by atoms with Crippen LogP contribution in [0.2, 0.25) is 10.0 Å². The van der Waals surface area contributed by atoms with Gasteiger partial charge in [0.05, 0.1) is 0 Å². The Hall–Kier alpha value is -1.29. The molecule has 1 aliphatic rings. The zero-order valence-electron chi connectivity index (χ0n) is 11.4. The van der Waals surface area contributed by atoms with Crippen LogP contribution in [0.15, 0.2) is 36.4 Å². The van der Waals surface area contributed by atoms with Crippen LogP contribution in [-0.4, -0.2) is 7.05 Å². The number of benzene rings is 2. The Kier molecular flexibility index (Phi) is 4.07. The van der Waals surface area contributed by atoms with Crippen LogP contribution < -0.4 is 10.1 Å². The van der Waals surface area contributed by atoms with Crippen molar-refractivity contribution >= 4 is 23.2 Å². The smallest absolute Gasteiger partial charge is 0.131 e. The topological polar surface area (TPSA) is 21.3 Å². The molecule has 0 fully saturated rings. The van der Waals surface area contributed by atoms with Crippen LogP contribution in [0.1, 0.15) is 29.7 Å². The largest absolute Gasteiger partial charge is 0.485 e. The van der Waals surface area contributed by atoms with Crippen LogP contribution in [0.5, 0.6) is 5.75 Å². The molecule has 0 bridgehead atoms. The number of hydrogen-bond donors (Lipinski definition) is 1. The van der Waals surface area contributed by atoms with Crippen LogP contribution in [-0.2, 0) is 0 Å². The van der Waals surface area contributed by atoms with Gasteiger partial charge in [-0.15, -0.1) is 0 Å². The summed E-state index contributed by atoms with van der Waals surface area (Å²) >= 11 is 11.8. The fourth-order valence-electron chi connectivity index (χ4n) is 2.67. The van der Waals surface area contributed by atoms with E-state index < -0.39 is 0 Å². The molecular weight excluding hydrogens is 312 g/mol. The van der Waals surface area contributed by atoms with Crippen molar-refractivity contribution in [1.29, 1.82) is 0 Å². The van der Waals surface area contributed by atoms with Crippen molar-refractivity contribution in [3.8, 4) is 5.75 Å². The van der Waals surface area contributed by atoms with E-state index in [-0.39, 0.29) is 18.0 Å². The number of rotatable bonds is 2. The lowest BCUT2D eigenvalue weighted by Crippen LogP contribution is -2.27. The maximum Gasteiger partial charge on any atom is 0.131 e. The first-order valence-corrected chi connectivity index (χ1v) is 7.42. The predicted molar refractivity (Wildman–Crippen MR) is 82.6 cm³/mol. The van der Waals surface area contributed by atoms with Crippen molar-refractivity contribution < 1.29 is 9.13 Å². The van der Waals surface area contributed by atoms with Crippen LogP contribution in [0, 0.1) is 5.82 Å². The van der Waals surface area contributed by atoms with Gasteiger partial charge in [-0.3, -0.25) is 0 Å². The van der Waals surface area contributed by atoms with E-state index in [1.165, 1.54) is 6.07 Å². The highest BCUT2D eigenvalue weighted by atomic mass is 35.5. The van der Waals surface area contributed by atoms with E-state index >= 15 is 0 Å². The molecule has 2 atom stereocenters. The minimum atomic E-state index is -0.353. The van der Waals surface area contributed by atoms with Crippen molar-refractivity contribution in [3.63, 3.8) is 0 Å². The summed E-state index contributed by atoms with van der Waals surface area (Å²) in [6.45, 7) is 0. The van der Waals surface area contributed by atoms with Gasteiger partial charge in [0.1, 0.15) is 17.7 Å². The molecule has 3 rings (SSSR count). The maximum absolute atomic E-state index is 14.1. The number of nitrogens with one attached hydrogen (secondary N) is 1. The number of hydrogen-bond acceptors (Lipinski definition) is 2. The number of halogens is 3.